The van der Waals surface area contributed by atoms with Gasteiger partial charge in [0.1, 0.15) is 0 Å². The quantitative estimate of drug-likeness (QED) is 0.221. The fourth-order valence-electron chi connectivity index (χ4n) is 3.81. The van der Waals surface area contributed by atoms with Gasteiger partial charge in [-0.05, 0) is 25.2 Å². The van der Waals surface area contributed by atoms with Crippen LogP contribution in [0.1, 0.15) is 33.1 Å². The summed E-state index contributed by atoms with van der Waals surface area (Å²) in [4.78, 5) is 9.33. The van der Waals surface area contributed by atoms with E-state index in [0.29, 0.717) is 12.0 Å². The number of aliphatic imine (C=N–C) groups is 1. The van der Waals surface area contributed by atoms with Crippen molar-refractivity contribution in [2.45, 2.75) is 45.3 Å². The Labute approximate surface area is 188 Å². The van der Waals surface area contributed by atoms with Crippen LogP contribution in [0.5, 0.6) is 0 Å². The van der Waals surface area contributed by atoms with E-state index < -0.39 is 0 Å². The summed E-state index contributed by atoms with van der Waals surface area (Å²) in [7, 11) is 3.60. The molecule has 2 aliphatic rings. The molecule has 0 bridgehead atoms. The van der Waals surface area contributed by atoms with E-state index in [1.807, 2.05) is 7.05 Å². The average molecular weight is 512 g/mol. The molecule has 1 unspecified atom stereocenters. The number of halogens is 1. The van der Waals surface area contributed by atoms with Crippen molar-refractivity contribution >= 4 is 29.9 Å². The van der Waals surface area contributed by atoms with Crippen LogP contribution in [-0.2, 0) is 14.2 Å². The molecule has 0 amide bonds. The van der Waals surface area contributed by atoms with Crippen molar-refractivity contribution in [1.29, 1.82) is 0 Å². The topological polar surface area (TPSA) is 58.6 Å². The lowest BCUT2D eigenvalue weighted by Gasteiger charge is -2.36. The number of nitrogens with zero attached hydrogens (tertiary/aromatic N) is 3. The molecule has 28 heavy (non-hydrogen) atoms. The minimum atomic E-state index is 0. The fourth-order valence-corrected chi connectivity index (χ4v) is 3.81. The van der Waals surface area contributed by atoms with Gasteiger partial charge in [-0.25, -0.2) is 0 Å². The Kier molecular flexibility index (Phi) is 13.6. The Hall–Kier alpha value is -0.160. The van der Waals surface area contributed by atoms with E-state index in [4.69, 9.17) is 14.2 Å². The second kappa shape index (κ2) is 14.8. The molecule has 0 spiro atoms. The number of nitrogens with one attached hydrogen (secondary N) is 1. The van der Waals surface area contributed by atoms with Crippen LogP contribution in [0, 0.1) is 5.92 Å². The van der Waals surface area contributed by atoms with E-state index in [9.17, 15) is 0 Å². The lowest BCUT2D eigenvalue weighted by molar-refractivity contribution is -0.0289. The van der Waals surface area contributed by atoms with Gasteiger partial charge in [-0.15, -0.1) is 24.0 Å². The van der Waals surface area contributed by atoms with Gasteiger partial charge >= 0.3 is 0 Å². The van der Waals surface area contributed by atoms with Crippen LogP contribution in [0.25, 0.3) is 0 Å². The fraction of sp³-hybridized carbons (Fsp3) is 0.950. The molecular formula is C20H41IN4O3. The number of likely N-dealkylation sites (tertiary alicyclic amines) is 1. The Balaban J connectivity index is 0.00000392. The van der Waals surface area contributed by atoms with Gasteiger partial charge in [0, 0.05) is 66.6 Å². The maximum atomic E-state index is 5.95. The largest absolute Gasteiger partial charge is 0.385 e. The van der Waals surface area contributed by atoms with Crippen molar-refractivity contribution in [3.8, 4) is 0 Å². The van der Waals surface area contributed by atoms with Gasteiger partial charge in [0.05, 0.1) is 18.8 Å². The third-order valence-corrected chi connectivity index (χ3v) is 5.13. The lowest BCUT2D eigenvalue weighted by Crippen LogP contribution is -2.52. The van der Waals surface area contributed by atoms with Crippen LogP contribution >= 0.6 is 24.0 Å². The summed E-state index contributed by atoms with van der Waals surface area (Å²) in [5, 5.41) is 3.52. The summed E-state index contributed by atoms with van der Waals surface area (Å²) in [5.74, 6) is 1.68. The summed E-state index contributed by atoms with van der Waals surface area (Å²) in [5.41, 5.74) is 0. The van der Waals surface area contributed by atoms with Crippen LogP contribution in [0.2, 0.25) is 0 Å². The molecule has 1 atom stereocenters. The Bertz CT molecular complexity index is 432. The number of methoxy groups -OCH3 is 1. The maximum absolute atomic E-state index is 5.95. The zero-order valence-electron chi connectivity index (χ0n) is 18.2. The van der Waals surface area contributed by atoms with Crippen LogP contribution in [0.3, 0.4) is 0 Å². The van der Waals surface area contributed by atoms with Gasteiger partial charge in [0.2, 0.25) is 0 Å². The van der Waals surface area contributed by atoms with Gasteiger partial charge in [-0.2, -0.15) is 0 Å². The molecule has 0 radical (unpaired) electrons. The Morgan fingerprint density at radius 1 is 1.21 bits per heavy atom. The highest BCUT2D eigenvalue weighted by molar-refractivity contribution is 14.0. The molecule has 2 heterocycles. The zero-order valence-corrected chi connectivity index (χ0v) is 20.5. The highest BCUT2D eigenvalue weighted by Gasteiger charge is 2.24. The molecule has 2 aliphatic heterocycles. The third kappa shape index (κ3) is 9.56. The van der Waals surface area contributed by atoms with E-state index in [1.165, 1.54) is 0 Å². The molecule has 0 saturated carbocycles. The summed E-state index contributed by atoms with van der Waals surface area (Å²) < 4.78 is 17.0. The third-order valence-electron chi connectivity index (χ3n) is 5.13. The standard InChI is InChI=1S/C20H40N4O3.HI/c1-17(2)15-23-10-13-27-19(16-23)14-22-20(21-3)24-8-6-18(7-9-24)26-12-5-11-25-4;/h17-19H,5-16H2,1-4H3,(H,21,22);1H. The first-order valence-corrected chi connectivity index (χ1v) is 10.5. The molecule has 2 rings (SSSR count). The molecule has 7 nitrogen and oxygen atoms in total. The lowest BCUT2D eigenvalue weighted by atomic mass is 10.1. The first-order chi connectivity index (χ1) is 13.1. The average Bonchev–Trinajstić information content (AvgIpc) is 2.66. The number of hydrogen-bond acceptors (Lipinski definition) is 5. The summed E-state index contributed by atoms with van der Waals surface area (Å²) in [6, 6.07) is 0. The van der Waals surface area contributed by atoms with Gasteiger partial charge in [-0.3, -0.25) is 9.89 Å². The molecule has 8 heteroatoms. The van der Waals surface area contributed by atoms with Crippen LogP contribution in [0.4, 0.5) is 0 Å². The monoisotopic (exact) mass is 512 g/mol. The van der Waals surface area contributed by atoms with E-state index >= 15 is 0 Å². The van der Waals surface area contributed by atoms with Crippen LogP contribution in [0.15, 0.2) is 4.99 Å². The molecule has 0 aliphatic carbocycles. The molecule has 1 N–H and O–H groups in total. The highest BCUT2D eigenvalue weighted by atomic mass is 127. The van der Waals surface area contributed by atoms with E-state index in [-0.39, 0.29) is 30.1 Å². The van der Waals surface area contributed by atoms with Crippen LogP contribution in [-0.4, -0.2) is 101 Å². The minimum Gasteiger partial charge on any atom is -0.385 e. The van der Waals surface area contributed by atoms with Crippen molar-refractivity contribution in [2.75, 3.05) is 73.2 Å². The molecule has 2 saturated heterocycles. The first-order valence-electron chi connectivity index (χ1n) is 10.5. The number of rotatable bonds is 9. The summed E-state index contributed by atoms with van der Waals surface area (Å²) in [6.07, 6.45) is 3.67. The maximum Gasteiger partial charge on any atom is 0.193 e. The Morgan fingerprint density at radius 3 is 2.61 bits per heavy atom. The number of guanidine groups is 1. The van der Waals surface area contributed by atoms with Gasteiger partial charge in [-0.1, -0.05) is 13.8 Å². The molecular weight excluding hydrogens is 471 g/mol. The molecule has 0 aromatic carbocycles. The molecule has 2 fully saturated rings. The predicted molar refractivity (Wildman–Crippen MR) is 125 cm³/mol. The van der Waals surface area contributed by atoms with Gasteiger partial charge < -0.3 is 24.4 Å². The van der Waals surface area contributed by atoms with E-state index in [0.717, 1.165) is 84.3 Å². The summed E-state index contributed by atoms with van der Waals surface area (Å²) in [6.45, 7) is 12.9. The van der Waals surface area contributed by atoms with Crippen LogP contribution < -0.4 is 5.32 Å². The van der Waals surface area contributed by atoms with E-state index in [1.54, 1.807) is 7.11 Å². The minimum absolute atomic E-state index is 0. The van der Waals surface area contributed by atoms with Gasteiger partial charge in [0.15, 0.2) is 5.96 Å². The number of ether oxygens (including phenoxy) is 3. The Morgan fingerprint density at radius 2 is 1.96 bits per heavy atom. The van der Waals surface area contributed by atoms with Crippen molar-refractivity contribution in [3.63, 3.8) is 0 Å². The molecule has 166 valence electrons. The van der Waals surface area contributed by atoms with Crippen molar-refractivity contribution in [1.82, 2.24) is 15.1 Å². The number of hydrogen-bond donors (Lipinski definition) is 1. The van der Waals surface area contributed by atoms with Crippen molar-refractivity contribution in [3.05, 3.63) is 0 Å². The van der Waals surface area contributed by atoms with E-state index in [2.05, 4.69) is 34.0 Å². The smallest absolute Gasteiger partial charge is 0.193 e. The second-order valence-corrected chi connectivity index (χ2v) is 7.98. The molecule has 0 aromatic rings. The highest BCUT2D eigenvalue weighted by Crippen LogP contribution is 2.14. The normalized spacial score (nSPS) is 22.4. The first kappa shape index (κ1) is 25.9. The summed E-state index contributed by atoms with van der Waals surface area (Å²) >= 11 is 0. The van der Waals surface area contributed by atoms with Gasteiger partial charge in [0.25, 0.3) is 0 Å². The second-order valence-electron chi connectivity index (χ2n) is 7.98. The van der Waals surface area contributed by atoms with Crippen molar-refractivity contribution < 1.29 is 14.2 Å². The predicted octanol–water partition coefficient (Wildman–Crippen LogP) is 2.05. The molecule has 0 aromatic heterocycles. The number of piperidine rings is 1. The SMILES string of the molecule is CN=C(NCC1CN(CC(C)C)CCO1)N1CCC(OCCCOC)CC1.I. The number of morpholine rings is 1. The zero-order chi connectivity index (χ0) is 19.5. The van der Waals surface area contributed by atoms with Crippen molar-refractivity contribution in [2.24, 2.45) is 10.9 Å².